The van der Waals surface area contributed by atoms with Gasteiger partial charge in [-0.2, -0.15) is 5.26 Å². The molecule has 0 aromatic heterocycles. The predicted molar refractivity (Wildman–Crippen MR) is 101 cm³/mol. The Bertz CT molecular complexity index is 473. The molecule has 0 saturated heterocycles. The molecule has 0 radical (unpaired) electrons. The third-order valence-corrected chi connectivity index (χ3v) is 3.12. The highest BCUT2D eigenvalue weighted by Crippen LogP contribution is 2.13. The highest BCUT2D eigenvalue weighted by molar-refractivity contribution is 5.81. The monoisotopic (exact) mass is 369 g/mol. The van der Waals surface area contributed by atoms with Gasteiger partial charge < -0.3 is 20.1 Å². The van der Waals surface area contributed by atoms with Crippen LogP contribution < -0.4 is 10.6 Å². The van der Waals surface area contributed by atoms with E-state index in [-0.39, 0.29) is 0 Å². The molecule has 0 rings (SSSR count). The molecule has 0 saturated carbocycles. The standard InChI is InChI=1S/C19H35N3O4/c1-18(2,3)25-16(23)15(22-17(24)26-19(4,5)6)11-7-9-13-21-14-10-8-12-20/h15,21H,7-11,13-14H2,1-6H3,(H,22,24)/t15-/m0/s1. The van der Waals surface area contributed by atoms with E-state index in [9.17, 15) is 9.59 Å². The van der Waals surface area contributed by atoms with Crippen molar-refractivity contribution >= 4 is 12.1 Å². The zero-order valence-electron chi connectivity index (χ0n) is 17.1. The number of carbonyl (C=O) groups is 2. The Morgan fingerprint density at radius 1 is 0.962 bits per heavy atom. The molecule has 2 N–H and O–H groups in total. The Hall–Kier alpha value is -1.81. The molecule has 1 atom stereocenters. The summed E-state index contributed by atoms with van der Waals surface area (Å²) in [6.45, 7) is 12.3. The summed E-state index contributed by atoms with van der Waals surface area (Å²) in [5, 5.41) is 14.4. The van der Waals surface area contributed by atoms with Crippen LogP contribution in [0.2, 0.25) is 0 Å². The topological polar surface area (TPSA) is 100 Å². The molecule has 0 aliphatic heterocycles. The minimum absolute atomic E-state index is 0.453. The Morgan fingerprint density at radius 3 is 2.08 bits per heavy atom. The number of hydrogen-bond acceptors (Lipinski definition) is 6. The second-order valence-corrected chi connectivity index (χ2v) is 8.24. The molecule has 0 unspecified atom stereocenters. The summed E-state index contributed by atoms with van der Waals surface area (Å²) < 4.78 is 10.6. The van der Waals surface area contributed by atoms with Crippen molar-refractivity contribution in [3.8, 4) is 6.07 Å². The molecule has 0 aromatic rings. The molecule has 7 heteroatoms. The van der Waals surface area contributed by atoms with Crippen LogP contribution in [0.15, 0.2) is 0 Å². The highest BCUT2D eigenvalue weighted by Gasteiger charge is 2.28. The second kappa shape index (κ2) is 11.7. The lowest BCUT2D eigenvalue weighted by Gasteiger charge is -2.26. The van der Waals surface area contributed by atoms with Crippen molar-refractivity contribution in [1.82, 2.24) is 10.6 Å². The lowest BCUT2D eigenvalue weighted by molar-refractivity contribution is -0.157. The number of unbranched alkanes of at least 4 members (excludes halogenated alkanes) is 2. The Kier molecular flexibility index (Phi) is 10.9. The quantitative estimate of drug-likeness (QED) is 0.453. The molecule has 26 heavy (non-hydrogen) atoms. The average molecular weight is 370 g/mol. The molecular weight excluding hydrogens is 334 g/mol. The van der Waals surface area contributed by atoms with Crippen molar-refractivity contribution in [3.63, 3.8) is 0 Å². The summed E-state index contributed by atoms with van der Waals surface area (Å²) >= 11 is 0. The third-order valence-electron chi connectivity index (χ3n) is 3.12. The molecule has 1 amide bonds. The maximum Gasteiger partial charge on any atom is 0.408 e. The molecule has 0 fully saturated rings. The van der Waals surface area contributed by atoms with E-state index in [1.165, 1.54) is 0 Å². The second-order valence-electron chi connectivity index (χ2n) is 8.24. The van der Waals surface area contributed by atoms with Crippen LogP contribution in [-0.2, 0) is 14.3 Å². The van der Waals surface area contributed by atoms with E-state index in [0.717, 1.165) is 32.4 Å². The Labute approximate surface area is 157 Å². The van der Waals surface area contributed by atoms with E-state index in [4.69, 9.17) is 14.7 Å². The van der Waals surface area contributed by atoms with Crippen molar-refractivity contribution in [1.29, 1.82) is 5.26 Å². The predicted octanol–water partition coefficient (Wildman–Crippen LogP) is 3.29. The molecule has 0 heterocycles. The summed E-state index contributed by atoms with van der Waals surface area (Å²) in [4.78, 5) is 24.4. The fourth-order valence-electron chi connectivity index (χ4n) is 2.09. The first-order valence-electron chi connectivity index (χ1n) is 9.24. The van der Waals surface area contributed by atoms with E-state index < -0.39 is 29.3 Å². The first kappa shape index (κ1) is 24.2. The molecule has 0 aliphatic carbocycles. The number of alkyl carbamates (subject to hydrolysis) is 1. The minimum atomic E-state index is -0.734. The van der Waals surface area contributed by atoms with Crippen LogP contribution in [0.1, 0.15) is 73.6 Å². The number of ether oxygens (including phenoxy) is 2. The highest BCUT2D eigenvalue weighted by atomic mass is 16.6. The van der Waals surface area contributed by atoms with E-state index >= 15 is 0 Å². The number of carbonyl (C=O) groups excluding carboxylic acids is 2. The molecule has 0 bridgehead atoms. The average Bonchev–Trinajstić information content (AvgIpc) is 2.45. The zero-order valence-corrected chi connectivity index (χ0v) is 17.1. The number of esters is 1. The van der Waals surface area contributed by atoms with Gasteiger partial charge in [-0.05, 0) is 80.3 Å². The van der Waals surface area contributed by atoms with Crippen molar-refractivity contribution in [3.05, 3.63) is 0 Å². The lowest BCUT2D eigenvalue weighted by Crippen LogP contribution is -2.46. The fraction of sp³-hybridized carbons (Fsp3) is 0.842. The van der Waals surface area contributed by atoms with Gasteiger partial charge in [0, 0.05) is 6.42 Å². The van der Waals surface area contributed by atoms with Crippen LogP contribution in [0.5, 0.6) is 0 Å². The van der Waals surface area contributed by atoms with E-state index in [1.807, 2.05) is 0 Å². The number of nitriles is 1. The van der Waals surface area contributed by atoms with Gasteiger partial charge in [0.15, 0.2) is 0 Å². The Morgan fingerprint density at radius 2 is 1.54 bits per heavy atom. The maximum absolute atomic E-state index is 12.4. The third kappa shape index (κ3) is 14.5. The van der Waals surface area contributed by atoms with Gasteiger partial charge in [-0.15, -0.1) is 0 Å². The largest absolute Gasteiger partial charge is 0.458 e. The van der Waals surface area contributed by atoms with Crippen molar-refractivity contribution < 1.29 is 19.1 Å². The van der Waals surface area contributed by atoms with Gasteiger partial charge >= 0.3 is 12.1 Å². The molecule has 150 valence electrons. The maximum atomic E-state index is 12.4. The summed E-state index contributed by atoms with van der Waals surface area (Å²) in [5.74, 6) is -0.453. The van der Waals surface area contributed by atoms with Gasteiger partial charge in [0.05, 0.1) is 6.07 Å². The van der Waals surface area contributed by atoms with Crippen molar-refractivity contribution in [2.45, 2.75) is 90.9 Å². The smallest absolute Gasteiger partial charge is 0.408 e. The van der Waals surface area contributed by atoms with Crippen LogP contribution in [0.3, 0.4) is 0 Å². The number of nitrogens with zero attached hydrogens (tertiary/aromatic N) is 1. The summed E-state index contributed by atoms with van der Waals surface area (Å²) in [7, 11) is 0. The van der Waals surface area contributed by atoms with Gasteiger partial charge in [-0.1, -0.05) is 0 Å². The SMILES string of the molecule is CC(C)(C)OC(=O)N[C@@H](CCCCNCCCC#N)C(=O)OC(C)(C)C. The van der Waals surface area contributed by atoms with E-state index in [0.29, 0.717) is 12.8 Å². The number of rotatable bonds is 10. The van der Waals surface area contributed by atoms with Crippen LogP contribution in [-0.4, -0.2) is 42.4 Å². The summed E-state index contributed by atoms with van der Waals surface area (Å²) in [5.41, 5.74) is -1.25. The van der Waals surface area contributed by atoms with Gasteiger partial charge in [-0.3, -0.25) is 0 Å². The first-order valence-corrected chi connectivity index (χ1v) is 9.24. The molecule has 0 aliphatic rings. The van der Waals surface area contributed by atoms with Crippen LogP contribution >= 0.6 is 0 Å². The van der Waals surface area contributed by atoms with E-state index in [1.54, 1.807) is 41.5 Å². The van der Waals surface area contributed by atoms with Gasteiger partial charge in [-0.25, -0.2) is 9.59 Å². The fourth-order valence-corrected chi connectivity index (χ4v) is 2.09. The number of hydrogen-bond donors (Lipinski definition) is 2. The minimum Gasteiger partial charge on any atom is -0.458 e. The normalized spacial score (nSPS) is 12.8. The molecule has 0 aromatic carbocycles. The molecule has 7 nitrogen and oxygen atoms in total. The van der Waals surface area contributed by atoms with Crippen molar-refractivity contribution in [2.75, 3.05) is 13.1 Å². The van der Waals surface area contributed by atoms with Crippen LogP contribution in [0, 0.1) is 11.3 Å². The van der Waals surface area contributed by atoms with Crippen molar-refractivity contribution in [2.24, 2.45) is 0 Å². The zero-order chi connectivity index (χ0) is 20.2. The van der Waals surface area contributed by atoms with Gasteiger partial charge in [0.25, 0.3) is 0 Å². The lowest BCUT2D eigenvalue weighted by atomic mass is 10.1. The summed E-state index contributed by atoms with van der Waals surface area (Å²) in [6, 6.07) is 1.37. The van der Waals surface area contributed by atoms with E-state index in [2.05, 4.69) is 16.7 Å². The Balaban J connectivity index is 4.44. The first-order chi connectivity index (χ1) is 11.9. The van der Waals surface area contributed by atoms with Crippen LogP contribution in [0.25, 0.3) is 0 Å². The summed E-state index contributed by atoms with van der Waals surface area (Å²) in [6.07, 6.45) is 2.86. The number of amides is 1. The molecular formula is C19H35N3O4. The molecule has 0 spiro atoms. The number of nitrogens with one attached hydrogen (secondary N) is 2. The van der Waals surface area contributed by atoms with Gasteiger partial charge in [0.1, 0.15) is 17.2 Å². The van der Waals surface area contributed by atoms with Crippen LogP contribution in [0.4, 0.5) is 4.79 Å². The van der Waals surface area contributed by atoms with Gasteiger partial charge in [0.2, 0.25) is 0 Å².